The standard InChI is InChI=1S/C26H29N7O2/c1-32-10-12-33(13-11-32)20-6-4-18(5-7-20)28-24-9-8-23-26(31-24)27-17-25(30-23)29-19-14-21(34-2)16-22(15-19)35-3/h4-9,14-17H,10-13H2,1-3H3,(H,29,30)(H,27,28,31). The average molecular weight is 472 g/mol. The van der Waals surface area contributed by atoms with Crippen LogP contribution in [-0.4, -0.2) is 67.3 Å². The number of hydrogen-bond donors (Lipinski definition) is 2. The van der Waals surface area contributed by atoms with E-state index >= 15 is 0 Å². The lowest BCUT2D eigenvalue weighted by atomic mass is 10.2. The number of anilines is 5. The van der Waals surface area contributed by atoms with Gasteiger partial charge in [0.2, 0.25) is 0 Å². The molecular weight excluding hydrogens is 442 g/mol. The minimum Gasteiger partial charge on any atom is -0.497 e. The van der Waals surface area contributed by atoms with E-state index in [0.717, 1.165) is 43.4 Å². The fraction of sp³-hybridized carbons (Fsp3) is 0.269. The molecular formula is C26H29N7O2. The number of pyridine rings is 1. The predicted octanol–water partition coefficient (Wildman–Crippen LogP) is 4.28. The summed E-state index contributed by atoms with van der Waals surface area (Å²) in [6.45, 7) is 4.28. The smallest absolute Gasteiger partial charge is 0.180 e. The van der Waals surface area contributed by atoms with Gasteiger partial charge in [-0.25, -0.2) is 15.0 Å². The summed E-state index contributed by atoms with van der Waals surface area (Å²) in [6, 6.07) is 17.8. The van der Waals surface area contributed by atoms with Crippen LogP contribution in [0, 0.1) is 0 Å². The molecule has 1 aliphatic rings. The number of rotatable bonds is 7. The highest BCUT2D eigenvalue weighted by molar-refractivity contribution is 5.76. The fourth-order valence-corrected chi connectivity index (χ4v) is 4.03. The number of piperazine rings is 1. The van der Waals surface area contributed by atoms with Gasteiger partial charge >= 0.3 is 0 Å². The van der Waals surface area contributed by atoms with E-state index in [2.05, 4.69) is 66.7 Å². The molecule has 3 heterocycles. The number of ether oxygens (including phenoxy) is 2. The van der Waals surface area contributed by atoms with Crippen LogP contribution in [0.4, 0.5) is 28.7 Å². The van der Waals surface area contributed by atoms with E-state index in [9.17, 15) is 0 Å². The topological polar surface area (TPSA) is 87.7 Å². The van der Waals surface area contributed by atoms with Crippen LogP contribution in [0.2, 0.25) is 0 Å². The van der Waals surface area contributed by atoms with Gasteiger partial charge in [0.1, 0.15) is 28.7 Å². The monoisotopic (exact) mass is 471 g/mol. The molecule has 9 heteroatoms. The highest BCUT2D eigenvalue weighted by Crippen LogP contribution is 2.28. The molecule has 1 saturated heterocycles. The predicted molar refractivity (Wildman–Crippen MR) is 140 cm³/mol. The molecule has 0 saturated carbocycles. The maximum atomic E-state index is 5.33. The van der Waals surface area contributed by atoms with Crippen molar-refractivity contribution < 1.29 is 9.47 Å². The molecule has 0 unspecified atom stereocenters. The summed E-state index contributed by atoms with van der Waals surface area (Å²) in [7, 11) is 5.40. The Morgan fingerprint density at radius 1 is 0.743 bits per heavy atom. The average Bonchev–Trinajstić information content (AvgIpc) is 2.89. The van der Waals surface area contributed by atoms with Crippen LogP contribution >= 0.6 is 0 Å². The van der Waals surface area contributed by atoms with Crippen molar-refractivity contribution in [3.05, 3.63) is 60.8 Å². The molecule has 0 spiro atoms. The second kappa shape index (κ2) is 10.0. The first-order valence-electron chi connectivity index (χ1n) is 11.5. The van der Waals surface area contributed by atoms with Gasteiger partial charge in [0.15, 0.2) is 5.65 Å². The van der Waals surface area contributed by atoms with Crippen molar-refractivity contribution in [2.75, 3.05) is 63.0 Å². The number of aromatic nitrogens is 3. The number of fused-ring (bicyclic) bond motifs is 1. The third-order valence-corrected chi connectivity index (χ3v) is 6.04. The van der Waals surface area contributed by atoms with Gasteiger partial charge in [-0.15, -0.1) is 0 Å². The normalized spacial score (nSPS) is 14.1. The Morgan fingerprint density at radius 2 is 1.43 bits per heavy atom. The van der Waals surface area contributed by atoms with E-state index in [4.69, 9.17) is 9.47 Å². The van der Waals surface area contributed by atoms with Crippen molar-refractivity contribution >= 4 is 39.9 Å². The number of benzene rings is 2. The van der Waals surface area contributed by atoms with Gasteiger partial charge in [0.25, 0.3) is 0 Å². The molecule has 0 aliphatic carbocycles. The Bertz CT molecular complexity index is 1280. The lowest BCUT2D eigenvalue weighted by Gasteiger charge is -2.34. The van der Waals surface area contributed by atoms with Gasteiger partial charge in [-0.2, -0.15) is 0 Å². The summed E-state index contributed by atoms with van der Waals surface area (Å²) in [4.78, 5) is 18.5. The zero-order valence-electron chi connectivity index (χ0n) is 20.2. The molecule has 5 rings (SSSR count). The second-order valence-corrected chi connectivity index (χ2v) is 8.48. The van der Waals surface area contributed by atoms with Gasteiger partial charge < -0.3 is 29.9 Å². The maximum absolute atomic E-state index is 5.33. The molecule has 0 bridgehead atoms. The number of hydrogen-bond acceptors (Lipinski definition) is 9. The van der Waals surface area contributed by atoms with Crippen molar-refractivity contribution in [1.82, 2.24) is 19.9 Å². The molecule has 1 aliphatic heterocycles. The van der Waals surface area contributed by atoms with Crippen LogP contribution in [0.3, 0.4) is 0 Å². The third kappa shape index (κ3) is 5.36. The summed E-state index contributed by atoms with van der Waals surface area (Å²) in [5.41, 5.74) is 4.28. The molecule has 1 fully saturated rings. The van der Waals surface area contributed by atoms with E-state index in [1.54, 1.807) is 20.4 Å². The van der Waals surface area contributed by atoms with E-state index in [1.807, 2.05) is 30.3 Å². The zero-order chi connectivity index (χ0) is 24.2. The third-order valence-electron chi connectivity index (χ3n) is 6.04. The van der Waals surface area contributed by atoms with Crippen LogP contribution in [0.15, 0.2) is 60.8 Å². The first kappa shape index (κ1) is 22.7. The Balaban J connectivity index is 1.28. The summed E-state index contributed by atoms with van der Waals surface area (Å²) in [5.74, 6) is 2.70. The lowest BCUT2D eigenvalue weighted by Crippen LogP contribution is -2.44. The van der Waals surface area contributed by atoms with Gasteiger partial charge in [0, 0.05) is 61.4 Å². The van der Waals surface area contributed by atoms with Crippen molar-refractivity contribution in [2.24, 2.45) is 0 Å². The summed E-state index contributed by atoms with van der Waals surface area (Å²) in [5, 5.41) is 6.61. The van der Waals surface area contributed by atoms with Crippen LogP contribution in [-0.2, 0) is 0 Å². The molecule has 2 aromatic carbocycles. The molecule has 0 atom stereocenters. The first-order chi connectivity index (χ1) is 17.1. The Hall–Kier alpha value is -4.11. The molecule has 9 nitrogen and oxygen atoms in total. The molecule has 4 aromatic rings. The summed E-state index contributed by atoms with van der Waals surface area (Å²) >= 11 is 0. The molecule has 2 N–H and O–H groups in total. The van der Waals surface area contributed by atoms with Crippen LogP contribution in [0.25, 0.3) is 11.2 Å². The number of methoxy groups -OCH3 is 2. The Morgan fingerprint density at radius 3 is 2.11 bits per heavy atom. The first-order valence-corrected chi connectivity index (χ1v) is 11.5. The number of nitrogens with zero attached hydrogens (tertiary/aromatic N) is 5. The van der Waals surface area contributed by atoms with Gasteiger partial charge in [-0.05, 0) is 43.4 Å². The van der Waals surface area contributed by atoms with Crippen molar-refractivity contribution in [1.29, 1.82) is 0 Å². The molecule has 180 valence electrons. The quantitative estimate of drug-likeness (QED) is 0.410. The number of likely N-dealkylation sites (N-methyl/N-ethyl adjacent to an activating group) is 1. The lowest BCUT2D eigenvalue weighted by molar-refractivity contribution is 0.313. The van der Waals surface area contributed by atoms with Gasteiger partial charge in [0.05, 0.1) is 20.4 Å². The van der Waals surface area contributed by atoms with E-state index in [-0.39, 0.29) is 0 Å². The minimum absolute atomic E-state index is 0.567. The van der Waals surface area contributed by atoms with Crippen molar-refractivity contribution in [3.63, 3.8) is 0 Å². The van der Waals surface area contributed by atoms with Crippen LogP contribution in [0.1, 0.15) is 0 Å². The molecule has 35 heavy (non-hydrogen) atoms. The minimum atomic E-state index is 0.567. The van der Waals surface area contributed by atoms with Gasteiger partial charge in [-0.3, -0.25) is 0 Å². The molecule has 0 radical (unpaired) electrons. The second-order valence-electron chi connectivity index (χ2n) is 8.48. The number of nitrogens with one attached hydrogen (secondary N) is 2. The SMILES string of the molecule is COc1cc(Nc2cnc3nc(Nc4ccc(N5CCN(C)CC5)cc4)ccc3n2)cc(OC)c1. The Kier molecular flexibility index (Phi) is 6.49. The largest absolute Gasteiger partial charge is 0.497 e. The van der Waals surface area contributed by atoms with Crippen molar-refractivity contribution in [2.45, 2.75) is 0 Å². The maximum Gasteiger partial charge on any atom is 0.180 e. The van der Waals surface area contributed by atoms with Crippen LogP contribution in [0.5, 0.6) is 11.5 Å². The van der Waals surface area contributed by atoms with E-state index in [0.29, 0.717) is 28.5 Å². The zero-order valence-corrected chi connectivity index (χ0v) is 20.2. The Labute approximate surface area is 204 Å². The molecule has 0 amide bonds. The van der Waals surface area contributed by atoms with Gasteiger partial charge in [-0.1, -0.05) is 0 Å². The highest BCUT2D eigenvalue weighted by Gasteiger charge is 2.14. The highest BCUT2D eigenvalue weighted by atomic mass is 16.5. The molecule has 2 aromatic heterocycles. The fourth-order valence-electron chi connectivity index (χ4n) is 4.03. The van der Waals surface area contributed by atoms with E-state index in [1.165, 1.54) is 5.69 Å². The summed E-state index contributed by atoms with van der Waals surface area (Å²) in [6.07, 6.45) is 1.66. The van der Waals surface area contributed by atoms with E-state index < -0.39 is 0 Å². The van der Waals surface area contributed by atoms with Crippen LogP contribution < -0.4 is 25.0 Å². The van der Waals surface area contributed by atoms with Crippen molar-refractivity contribution in [3.8, 4) is 11.5 Å². The summed E-state index contributed by atoms with van der Waals surface area (Å²) < 4.78 is 10.7.